The molecular weight excluding hydrogens is 214 g/mol. The van der Waals surface area contributed by atoms with E-state index in [9.17, 15) is 0 Å². The monoisotopic (exact) mass is 233 g/mol. The molecule has 0 saturated heterocycles. The summed E-state index contributed by atoms with van der Waals surface area (Å²) in [5.41, 5.74) is 0.132. The molecule has 1 aromatic rings. The van der Waals surface area contributed by atoms with Crippen LogP contribution in [0.1, 0.15) is 20.8 Å². The third-order valence-corrected chi connectivity index (χ3v) is 2.92. The first-order valence-corrected chi connectivity index (χ1v) is 5.84. The highest BCUT2D eigenvalue weighted by atomic mass is 16.5. The van der Waals surface area contributed by atoms with E-state index in [2.05, 4.69) is 30.7 Å². The summed E-state index contributed by atoms with van der Waals surface area (Å²) in [6.45, 7) is 7.17. The summed E-state index contributed by atoms with van der Waals surface area (Å²) in [4.78, 5) is 10.8. The highest BCUT2D eigenvalue weighted by Crippen LogP contribution is 2.27. The summed E-state index contributed by atoms with van der Waals surface area (Å²) in [5, 5.41) is 0. The number of ether oxygens (including phenoxy) is 1. The second kappa shape index (κ2) is 4.35. The molecule has 1 aliphatic heterocycles. The Morgan fingerprint density at radius 1 is 1.35 bits per heavy atom. The van der Waals surface area contributed by atoms with Crippen LogP contribution in [0.3, 0.4) is 0 Å². The van der Waals surface area contributed by atoms with Gasteiger partial charge in [-0.25, -0.2) is 9.98 Å². The van der Waals surface area contributed by atoms with Crippen molar-refractivity contribution in [2.24, 2.45) is 10.4 Å². The highest BCUT2D eigenvalue weighted by Gasteiger charge is 2.31. The Hall–Kier alpha value is -1.58. The van der Waals surface area contributed by atoms with Crippen LogP contribution in [0.5, 0.6) is 0 Å². The Balaban J connectivity index is 2.15. The van der Waals surface area contributed by atoms with Crippen LogP contribution in [0, 0.1) is 5.41 Å². The number of hydrogen-bond acceptors (Lipinski definition) is 4. The van der Waals surface area contributed by atoms with Gasteiger partial charge in [0, 0.05) is 13.2 Å². The molecule has 4 heteroatoms. The Morgan fingerprint density at radius 2 is 2.12 bits per heavy atom. The van der Waals surface area contributed by atoms with Crippen LogP contribution >= 0.6 is 0 Å². The SMILES string of the molecule is CN(C1=N[C@@H](C(C)(C)C)CO1)c1ccccn1. The molecule has 0 spiro atoms. The van der Waals surface area contributed by atoms with Crippen molar-refractivity contribution >= 4 is 11.8 Å². The number of amidine groups is 1. The van der Waals surface area contributed by atoms with Gasteiger partial charge in [0.25, 0.3) is 6.02 Å². The predicted octanol–water partition coefficient (Wildman–Crippen LogP) is 2.32. The lowest BCUT2D eigenvalue weighted by molar-refractivity contribution is 0.233. The molecule has 0 aliphatic carbocycles. The van der Waals surface area contributed by atoms with E-state index in [1.165, 1.54) is 0 Å². The molecule has 4 nitrogen and oxygen atoms in total. The van der Waals surface area contributed by atoms with Gasteiger partial charge in [0.05, 0.1) is 6.04 Å². The third kappa shape index (κ3) is 2.57. The van der Waals surface area contributed by atoms with Gasteiger partial charge in [-0.15, -0.1) is 0 Å². The highest BCUT2D eigenvalue weighted by molar-refractivity contribution is 5.91. The summed E-state index contributed by atoms with van der Waals surface area (Å²) >= 11 is 0. The molecule has 17 heavy (non-hydrogen) atoms. The molecule has 1 atom stereocenters. The average molecular weight is 233 g/mol. The molecule has 0 bridgehead atoms. The van der Waals surface area contributed by atoms with E-state index in [0.29, 0.717) is 12.6 Å². The molecule has 2 heterocycles. The molecule has 0 N–H and O–H groups in total. The van der Waals surface area contributed by atoms with Crippen molar-refractivity contribution in [3.63, 3.8) is 0 Å². The predicted molar refractivity (Wildman–Crippen MR) is 69.3 cm³/mol. The molecule has 0 radical (unpaired) electrons. The van der Waals surface area contributed by atoms with E-state index in [4.69, 9.17) is 4.74 Å². The smallest absolute Gasteiger partial charge is 0.293 e. The first-order valence-electron chi connectivity index (χ1n) is 5.84. The van der Waals surface area contributed by atoms with Crippen LogP contribution < -0.4 is 4.90 Å². The number of nitrogens with zero attached hydrogens (tertiary/aromatic N) is 3. The molecule has 92 valence electrons. The summed E-state index contributed by atoms with van der Waals surface area (Å²) in [7, 11) is 1.92. The van der Waals surface area contributed by atoms with Crippen molar-refractivity contribution in [2.45, 2.75) is 26.8 Å². The number of hydrogen-bond donors (Lipinski definition) is 0. The molecule has 0 unspecified atom stereocenters. The van der Waals surface area contributed by atoms with Crippen LogP contribution in [0.25, 0.3) is 0 Å². The molecule has 0 amide bonds. The summed E-state index contributed by atoms with van der Waals surface area (Å²) in [6.07, 6.45) is 1.77. The van der Waals surface area contributed by atoms with Crippen LogP contribution in [0.4, 0.5) is 5.82 Å². The number of aliphatic imine (C=N–C) groups is 1. The minimum atomic E-state index is 0.132. The molecule has 1 aliphatic rings. The van der Waals surface area contributed by atoms with E-state index in [0.717, 1.165) is 5.82 Å². The first-order chi connectivity index (χ1) is 7.98. The lowest BCUT2D eigenvalue weighted by atomic mass is 9.88. The largest absolute Gasteiger partial charge is 0.463 e. The lowest BCUT2D eigenvalue weighted by Gasteiger charge is -2.21. The van der Waals surface area contributed by atoms with Gasteiger partial charge in [-0.3, -0.25) is 4.90 Å². The van der Waals surface area contributed by atoms with Gasteiger partial charge in [-0.2, -0.15) is 0 Å². The van der Waals surface area contributed by atoms with Crippen molar-refractivity contribution < 1.29 is 4.74 Å². The van der Waals surface area contributed by atoms with E-state index >= 15 is 0 Å². The zero-order valence-electron chi connectivity index (χ0n) is 10.8. The van der Waals surface area contributed by atoms with Gasteiger partial charge in [0.15, 0.2) is 0 Å². The Bertz CT molecular complexity index is 408. The minimum absolute atomic E-state index is 0.132. The third-order valence-electron chi connectivity index (χ3n) is 2.92. The van der Waals surface area contributed by atoms with Crippen molar-refractivity contribution in [1.82, 2.24) is 4.98 Å². The van der Waals surface area contributed by atoms with Crippen molar-refractivity contribution in [3.8, 4) is 0 Å². The number of pyridine rings is 1. The fourth-order valence-corrected chi connectivity index (χ4v) is 1.64. The van der Waals surface area contributed by atoms with E-state index in [1.807, 2.05) is 30.1 Å². The van der Waals surface area contributed by atoms with Gasteiger partial charge in [0.1, 0.15) is 12.4 Å². The van der Waals surface area contributed by atoms with Gasteiger partial charge < -0.3 is 4.74 Å². The van der Waals surface area contributed by atoms with Gasteiger partial charge in [-0.05, 0) is 17.5 Å². The fourth-order valence-electron chi connectivity index (χ4n) is 1.64. The summed E-state index contributed by atoms with van der Waals surface area (Å²) in [5.74, 6) is 0.848. The number of aromatic nitrogens is 1. The zero-order chi connectivity index (χ0) is 12.5. The maximum absolute atomic E-state index is 5.64. The van der Waals surface area contributed by atoms with E-state index in [1.54, 1.807) is 6.20 Å². The van der Waals surface area contributed by atoms with Crippen molar-refractivity contribution in [1.29, 1.82) is 0 Å². The average Bonchev–Trinajstić information content (AvgIpc) is 2.78. The molecule has 0 saturated carbocycles. The number of rotatable bonds is 1. The van der Waals surface area contributed by atoms with Gasteiger partial charge in [0.2, 0.25) is 0 Å². The first kappa shape index (κ1) is 11.9. The number of anilines is 1. The van der Waals surface area contributed by atoms with Crippen LogP contribution in [0.2, 0.25) is 0 Å². The van der Waals surface area contributed by atoms with Crippen molar-refractivity contribution in [2.75, 3.05) is 18.6 Å². The van der Waals surface area contributed by atoms with Crippen molar-refractivity contribution in [3.05, 3.63) is 24.4 Å². The summed E-state index contributed by atoms with van der Waals surface area (Å²) in [6, 6.07) is 6.66. The van der Waals surface area contributed by atoms with E-state index in [-0.39, 0.29) is 11.5 Å². The second-order valence-electron chi connectivity index (χ2n) is 5.35. The Labute approximate surface area is 102 Å². The van der Waals surface area contributed by atoms with Crippen LogP contribution in [-0.2, 0) is 4.74 Å². The zero-order valence-corrected chi connectivity index (χ0v) is 10.8. The molecule has 0 aromatic carbocycles. The topological polar surface area (TPSA) is 37.7 Å². The molecule has 0 fully saturated rings. The van der Waals surface area contributed by atoms with E-state index < -0.39 is 0 Å². The molecular formula is C13H19N3O. The maximum Gasteiger partial charge on any atom is 0.293 e. The standard InChI is InChI=1S/C13H19N3O/c1-13(2,3)10-9-17-12(15-10)16(4)11-7-5-6-8-14-11/h5-8,10H,9H2,1-4H3/t10-/m1/s1. The van der Waals surface area contributed by atoms with Gasteiger partial charge >= 0.3 is 0 Å². The maximum atomic E-state index is 5.64. The Morgan fingerprint density at radius 3 is 2.65 bits per heavy atom. The molecule has 2 rings (SSSR count). The van der Waals surface area contributed by atoms with Gasteiger partial charge in [-0.1, -0.05) is 26.8 Å². The van der Waals surface area contributed by atoms with Crippen LogP contribution in [0.15, 0.2) is 29.4 Å². The second-order valence-corrected chi connectivity index (χ2v) is 5.35. The fraction of sp³-hybridized carbons (Fsp3) is 0.538. The van der Waals surface area contributed by atoms with Crippen LogP contribution in [-0.4, -0.2) is 30.7 Å². The summed E-state index contributed by atoms with van der Waals surface area (Å²) < 4.78 is 5.64. The minimum Gasteiger partial charge on any atom is -0.463 e. The molecule has 1 aromatic heterocycles. The normalized spacial score (nSPS) is 19.8. The lowest BCUT2D eigenvalue weighted by Crippen LogP contribution is -2.27. The Kier molecular flexibility index (Phi) is 3.05. The quantitative estimate of drug-likeness (QED) is 0.747.